The fourth-order valence-corrected chi connectivity index (χ4v) is 2.87. The number of hydrogen-bond donors (Lipinski definition) is 2. The van der Waals surface area contributed by atoms with Crippen LogP contribution >= 0.6 is 11.6 Å². The van der Waals surface area contributed by atoms with E-state index in [0.717, 1.165) is 12.2 Å². The summed E-state index contributed by atoms with van der Waals surface area (Å²) < 4.78 is 5.52. The van der Waals surface area contributed by atoms with Gasteiger partial charge in [0.05, 0.1) is 17.2 Å². The summed E-state index contributed by atoms with van der Waals surface area (Å²) in [5.41, 5.74) is 2.02. The molecule has 0 aliphatic heterocycles. The van der Waals surface area contributed by atoms with Crippen LogP contribution in [0.1, 0.15) is 34.1 Å². The van der Waals surface area contributed by atoms with Crippen LogP contribution < -0.4 is 15.4 Å². The van der Waals surface area contributed by atoms with Crippen LogP contribution in [0, 0.1) is 0 Å². The Morgan fingerprint density at radius 2 is 1.52 bits per heavy atom. The molecule has 3 rings (SSSR count). The van der Waals surface area contributed by atoms with Gasteiger partial charge in [-0.2, -0.15) is 0 Å². The molecule has 0 radical (unpaired) electrons. The molecule has 2 N–H and O–H groups in total. The van der Waals surface area contributed by atoms with Crippen molar-refractivity contribution in [3.8, 4) is 5.75 Å². The number of hydrogen-bond acceptors (Lipinski definition) is 3. The van der Waals surface area contributed by atoms with Crippen molar-refractivity contribution in [2.24, 2.45) is 0 Å². The predicted octanol–water partition coefficient (Wildman–Crippen LogP) is 5.63. The lowest BCUT2D eigenvalue weighted by Gasteiger charge is -2.10. The number of benzene rings is 3. The summed E-state index contributed by atoms with van der Waals surface area (Å²) in [7, 11) is 0. The van der Waals surface area contributed by atoms with Crippen LogP contribution in [0.3, 0.4) is 0 Å². The predicted molar refractivity (Wildman–Crippen MR) is 116 cm³/mol. The maximum atomic E-state index is 12.5. The van der Waals surface area contributed by atoms with Gasteiger partial charge in [-0.15, -0.1) is 0 Å². The average molecular weight is 409 g/mol. The molecule has 29 heavy (non-hydrogen) atoms. The summed E-state index contributed by atoms with van der Waals surface area (Å²) in [4.78, 5) is 24.9. The molecule has 0 aromatic heterocycles. The van der Waals surface area contributed by atoms with Crippen molar-refractivity contribution in [1.29, 1.82) is 0 Å². The van der Waals surface area contributed by atoms with E-state index in [1.165, 1.54) is 0 Å². The zero-order valence-electron chi connectivity index (χ0n) is 15.9. The van der Waals surface area contributed by atoms with E-state index in [4.69, 9.17) is 16.3 Å². The van der Waals surface area contributed by atoms with Gasteiger partial charge in [0.1, 0.15) is 5.75 Å². The molecule has 3 aromatic carbocycles. The molecule has 2 amide bonds. The van der Waals surface area contributed by atoms with Crippen LogP contribution in [0.15, 0.2) is 72.8 Å². The third-order valence-corrected chi connectivity index (χ3v) is 4.42. The van der Waals surface area contributed by atoms with Crippen molar-refractivity contribution in [2.45, 2.75) is 13.3 Å². The van der Waals surface area contributed by atoms with Gasteiger partial charge in [-0.05, 0) is 61.0 Å². The molecule has 0 unspecified atom stereocenters. The largest absolute Gasteiger partial charge is 0.494 e. The summed E-state index contributed by atoms with van der Waals surface area (Å²) in [6, 6.07) is 20.7. The third kappa shape index (κ3) is 5.59. The molecule has 0 atom stereocenters. The van der Waals surface area contributed by atoms with E-state index in [9.17, 15) is 9.59 Å². The molecule has 0 fully saturated rings. The maximum absolute atomic E-state index is 12.5. The second-order valence-electron chi connectivity index (χ2n) is 6.34. The van der Waals surface area contributed by atoms with Gasteiger partial charge in [-0.3, -0.25) is 9.59 Å². The Morgan fingerprint density at radius 3 is 2.17 bits per heavy atom. The third-order valence-electron chi connectivity index (χ3n) is 4.09. The first kappa shape index (κ1) is 20.4. The van der Waals surface area contributed by atoms with Gasteiger partial charge in [0.25, 0.3) is 11.8 Å². The van der Waals surface area contributed by atoms with E-state index in [1.807, 2.05) is 6.92 Å². The Balaban J connectivity index is 1.65. The highest BCUT2D eigenvalue weighted by Gasteiger charge is 2.11. The molecule has 0 aliphatic rings. The second kappa shape index (κ2) is 9.75. The molecule has 6 heteroatoms. The van der Waals surface area contributed by atoms with Gasteiger partial charge in [-0.25, -0.2) is 0 Å². The SMILES string of the molecule is CCCOc1ccc(C(=O)Nc2cccc(NC(=O)c3ccccc3Cl)c2)cc1. The lowest BCUT2D eigenvalue weighted by molar-refractivity contribution is 0.101. The van der Waals surface area contributed by atoms with E-state index >= 15 is 0 Å². The van der Waals surface area contributed by atoms with Gasteiger partial charge >= 0.3 is 0 Å². The molecular weight excluding hydrogens is 388 g/mol. The van der Waals surface area contributed by atoms with Crippen molar-refractivity contribution < 1.29 is 14.3 Å². The van der Waals surface area contributed by atoms with Crippen LogP contribution in [0.2, 0.25) is 5.02 Å². The number of ether oxygens (including phenoxy) is 1. The molecule has 5 nitrogen and oxygen atoms in total. The van der Waals surface area contributed by atoms with E-state index in [0.29, 0.717) is 34.1 Å². The highest BCUT2D eigenvalue weighted by Crippen LogP contribution is 2.20. The van der Waals surface area contributed by atoms with Crippen molar-refractivity contribution >= 4 is 34.8 Å². The number of rotatable bonds is 7. The van der Waals surface area contributed by atoms with Crippen molar-refractivity contribution in [3.63, 3.8) is 0 Å². The molecule has 0 aliphatic carbocycles. The van der Waals surface area contributed by atoms with E-state index in [-0.39, 0.29) is 11.8 Å². The Hall–Kier alpha value is -3.31. The maximum Gasteiger partial charge on any atom is 0.257 e. The van der Waals surface area contributed by atoms with Gasteiger partial charge < -0.3 is 15.4 Å². The molecule has 0 saturated carbocycles. The quantitative estimate of drug-likeness (QED) is 0.532. The lowest BCUT2D eigenvalue weighted by Crippen LogP contribution is -2.14. The Bertz CT molecular complexity index is 1000. The van der Waals surface area contributed by atoms with E-state index in [2.05, 4.69) is 10.6 Å². The average Bonchev–Trinajstić information content (AvgIpc) is 2.73. The fraction of sp³-hybridized carbons (Fsp3) is 0.130. The molecule has 0 spiro atoms. The van der Waals surface area contributed by atoms with Gasteiger partial charge in [0.2, 0.25) is 0 Å². The second-order valence-corrected chi connectivity index (χ2v) is 6.75. The molecule has 148 valence electrons. The summed E-state index contributed by atoms with van der Waals surface area (Å²) in [6.07, 6.45) is 0.922. The Kier molecular flexibility index (Phi) is 6.87. The van der Waals surface area contributed by atoms with Crippen molar-refractivity contribution in [2.75, 3.05) is 17.2 Å². The van der Waals surface area contributed by atoms with Gasteiger partial charge in [0.15, 0.2) is 0 Å². The normalized spacial score (nSPS) is 10.3. The fourth-order valence-electron chi connectivity index (χ4n) is 2.64. The highest BCUT2D eigenvalue weighted by atomic mass is 35.5. The monoisotopic (exact) mass is 408 g/mol. The van der Waals surface area contributed by atoms with Crippen LogP contribution in [-0.2, 0) is 0 Å². The van der Waals surface area contributed by atoms with Crippen LogP contribution in [0.4, 0.5) is 11.4 Å². The Morgan fingerprint density at radius 1 is 0.862 bits per heavy atom. The smallest absolute Gasteiger partial charge is 0.257 e. The summed E-state index contributed by atoms with van der Waals surface area (Å²) in [5.74, 6) is 0.163. The molecule has 3 aromatic rings. The first-order chi connectivity index (χ1) is 14.1. The number of anilines is 2. The van der Waals surface area contributed by atoms with E-state index in [1.54, 1.807) is 72.8 Å². The molecule has 0 bridgehead atoms. The summed E-state index contributed by atoms with van der Waals surface area (Å²) >= 11 is 6.07. The standard InChI is InChI=1S/C23H21ClN2O3/c1-2-14-29-19-12-10-16(11-13-19)22(27)25-17-6-5-7-18(15-17)26-23(28)20-8-3-4-9-21(20)24/h3-13,15H,2,14H2,1H3,(H,25,27)(H,26,28). The first-order valence-corrected chi connectivity index (χ1v) is 9.65. The highest BCUT2D eigenvalue weighted by molar-refractivity contribution is 6.34. The zero-order valence-corrected chi connectivity index (χ0v) is 16.7. The first-order valence-electron chi connectivity index (χ1n) is 9.27. The number of nitrogens with one attached hydrogen (secondary N) is 2. The summed E-state index contributed by atoms with van der Waals surface area (Å²) in [6.45, 7) is 2.67. The minimum Gasteiger partial charge on any atom is -0.494 e. The number of amides is 2. The van der Waals surface area contributed by atoms with Crippen LogP contribution in [0.5, 0.6) is 5.75 Å². The minimum atomic E-state index is -0.318. The number of carbonyl (C=O) groups is 2. The minimum absolute atomic E-state index is 0.248. The lowest BCUT2D eigenvalue weighted by atomic mass is 10.2. The number of carbonyl (C=O) groups excluding carboxylic acids is 2. The summed E-state index contributed by atoms with van der Waals surface area (Å²) in [5, 5.41) is 5.99. The van der Waals surface area contributed by atoms with Gasteiger partial charge in [0, 0.05) is 16.9 Å². The van der Waals surface area contributed by atoms with Gasteiger partial charge in [-0.1, -0.05) is 36.7 Å². The molecular formula is C23H21ClN2O3. The molecule has 0 saturated heterocycles. The Labute approximate surface area is 174 Å². The molecule has 0 heterocycles. The van der Waals surface area contributed by atoms with Crippen molar-refractivity contribution in [3.05, 3.63) is 88.9 Å². The number of halogens is 1. The topological polar surface area (TPSA) is 67.4 Å². The van der Waals surface area contributed by atoms with Crippen LogP contribution in [-0.4, -0.2) is 18.4 Å². The zero-order chi connectivity index (χ0) is 20.6. The van der Waals surface area contributed by atoms with Crippen molar-refractivity contribution in [1.82, 2.24) is 0 Å². The van der Waals surface area contributed by atoms with E-state index < -0.39 is 0 Å². The van der Waals surface area contributed by atoms with Crippen LogP contribution in [0.25, 0.3) is 0 Å².